The second-order valence-corrected chi connectivity index (χ2v) is 8.73. The van der Waals surface area contributed by atoms with Crippen LogP contribution in [0.2, 0.25) is 5.02 Å². The van der Waals surface area contributed by atoms with E-state index < -0.39 is 23.4 Å². The molecule has 1 saturated heterocycles. The van der Waals surface area contributed by atoms with Crippen LogP contribution in [-0.4, -0.2) is 21.5 Å². The number of benzene rings is 3. The molecule has 1 aromatic heterocycles. The molecule has 3 aromatic carbocycles. The van der Waals surface area contributed by atoms with Crippen molar-refractivity contribution in [3.8, 4) is 11.6 Å². The van der Waals surface area contributed by atoms with Crippen LogP contribution in [0, 0.1) is 11.6 Å². The number of carbonyl (C=O) groups excluding carboxylic acids is 2. The van der Waals surface area contributed by atoms with Gasteiger partial charge >= 0.3 is 0 Å². The fraction of sp³-hybridized carbons (Fsp3) is 0.0385. The zero-order valence-electron chi connectivity index (χ0n) is 18.6. The number of para-hydroxylation sites is 1. The van der Waals surface area contributed by atoms with E-state index in [1.165, 1.54) is 17.0 Å². The summed E-state index contributed by atoms with van der Waals surface area (Å²) in [6, 6.07) is 16.5. The fourth-order valence-electron chi connectivity index (χ4n) is 3.95. The minimum Gasteiger partial charge on any atom is -0.437 e. The maximum Gasteiger partial charge on any atom is 0.270 e. The Bertz CT molecular complexity index is 1600. The summed E-state index contributed by atoms with van der Waals surface area (Å²) < 4.78 is 35.3. The van der Waals surface area contributed by atoms with Crippen molar-refractivity contribution in [2.45, 2.75) is 0 Å². The van der Waals surface area contributed by atoms with Gasteiger partial charge in [-0.3, -0.25) is 19.8 Å². The number of fused-ring (bicyclic) bond motifs is 1. The molecule has 2 heterocycles. The molecule has 1 N–H and O–H groups in total. The third-order valence-electron chi connectivity index (χ3n) is 5.67. The quantitative estimate of drug-likeness (QED) is 0.211. The average Bonchev–Trinajstić information content (AvgIpc) is 3.10. The number of nitrogens with one attached hydrogen (secondary N) is 1. The molecule has 4 aromatic rings. The standard InChI is InChI=1S/C26H16ClF2N3O3S/c1-31-21-5-3-2-4-17(21)18(25(31)35-22-11-8-15(28)12-20(22)29)13-19-23(33)30-26(36)32(24(19)34)16-9-6-14(27)7-10-16/h2-13H,1H3,(H,30,33,36)/b19-13+. The summed E-state index contributed by atoms with van der Waals surface area (Å²) in [4.78, 5) is 27.5. The predicted octanol–water partition coefficient (Wildman–Crippen LogP) is 5.73. The monoisotopic (exact) mass is 523 g/mol. The number of rotatable bonds is 4. The van der Waals surface area contributed by atoms with Crippen molar-refractivity contribution in [1.82, 2.24) is 9.88 Å². The van der Waals surface area contributed by atoms with E-state index in [9.17, 15) is 18.4 Å². The number of carbonyl (C=O) groups is 2. The molecule has 5 rings (SSSR count). The zero-order valence-corrected chi connectivity index (χ0v) is 20.2. The maximum atomic E-state index is 14.4. The Kier molecular flexibility index (Phi) is 6.03. The molecule has 0 radical (unpaired) electrons. The first kappa shape index (κ1) is 23.7. The summed E-state index contributed by atoms with van der Waals surface area (Å²) in [5.74, 6) is -3.06. The largest absolute Gasteiger partial charge is 0.437 e. The number of aromatic nitrogens is 1. The van der Waals surface area contributed by atoms with Gasteiger partial charge in [-0.1, -0.05) is 29.8 Å². The number of halogens is 3. The molecule has 0 unspecified atom stereocenters. The molecular weight excluding hydrogens is 508 g/mol. The van der Waals surface area contributed by atoms with Gasteiger partial charge in [-0.05, 0) is 60.8 Å². The van der Waals surface area contributed by atoms with Gasteiger partial charge in [-0.2, -0.15) is 0 Å². The minimum atomic E-state index is -0.899. The minimum absolute atomic E-state index is 0.0766. The van der Waals surface area contributed by atoms with Gasteiger partial charge in [0.2, 0.25) is 5.88 Å². The third kappa shape index (κ3) is 4.12. The predicted molar refractivity (Wildman–Crippen MR) is 137 cm³/mol. The Hall–Kier alpha value is -4.08. The zero-order chi connectivity index (χ0) is 25.6. The summed E-state index contributed by atoms with van der Waals surface area (Å²) in [5.41, 5.74) is 1.28. The number of hydrogen-bond acceptors (Lipinski definition) is 4. The van der Waals surface area contributed by atoms with E-state index in [1.54, 1.807) is 54.1 Å². The first-order chi connectivity index (χ1) is 17.2. The maximum absolute atomic E-state index is 14.4. The van der Waals surface area contributed by atoms with Crippen molar-refractivity contribution in [2.75, 3.05) is 4.90 Å². The van der Waals surface area contributed by atoms with Crippen molar-refractivity contribution in [3.63, 3.8) is 0 Å². The summed E-state index contributed by atoms with van der Waals surface area (Å²) in [5, 5.41) is 3.57. The summed E-state index contributed by atoms with van der Waals surface area (Å²) >= 11 is 11.2. The van der Waals surface area contributed by atoms with Crippen molar-refractivity contribution >= 4 is 63.4 Å². The second-order valence-electron chi connectivity index (χ2n) is 7.91. The molecule has 6 nitrogen and oxygen atoms in total. The molecule has 0 atom stereocenters. The van der Waals surface area contributed by atoms with Crippen LogP contribution in [0.25, 0.3) is 17.0 Å². The molecule has 2 amide bonds. The number of aryl methyl sites for hydroxylation is 1. The van der Waals surface area contributed by atoms with Gasteiger partial charge < -0.3 is 9.30 Å². The van der Waals surface area contributed by atoms with Crippen molar-refractivity contribution in [1.29, 1.82) is 0 Å². The van der Waals surface area contributed by atoms with Gasteiger partial charge in [-0.25, -0.2) is 8.78 Å². The van der Waals surface area contributed by atoms with Gasteiger partial charge in [0.1, 0.15) is 11.4 Å². The lowest BCUT2D eigenvalue weighted by Gasteiger charge is -2.29. The van der Waals surface area contributed by atoms with Crippen LogP contribution >= 0.6 is 23.8 Å². The first-order valence-corrected chi connectivity index (χ1v) is 11.4. The number of anilines is 1. The Balaban J connectivity index is 1.65. The molecule has 0 spiro atoms. The summed E-state index contributed by atoms with van der Waals surface area (Å²) in [6.45, 7) is 0. The number of hydrogen-bond donors (Lipinski definition) is 1. The van der Waals surface area contributed by atoms with Crippen molar-refractivity contribution in [3.05, 3.63) is 94.5 Å². The highest BCUT2D eigenvalue weighted by Crippen LogP contribution is 2.37. The van der Waals surface area contributed by atoms with E-state index in [0.717, 1.165) is 6.07 Å². The number of nitrogens with zero attached hydrogens (tertiary/aromatic N) is 2. The Morgan fingerprint density at radius 3 is 2.47 bits per heavy atom. The van der Waals surface area contributed by atoms with Crippen LogP contribution in [0.1, 0.15) is 5.56 Å². The van der Waals surface area contributed by atoms with Gasteiger partial charge in [-0.15, -0.1) is 0 Å². The second kappa shape index (κ2) is 9.18. The van der Waals surface area contributed by atoms with Crippen LogP contribution in [0.4, 0.5) is 14.5 Å². The molecule has 0 aliphatic carbocycles. The van der Waals surface area contributed by atoms with Crippen molar-refractivity contribution in [2.24, 2.45) is 7.05 Å². The Morgan fingerprint density at radius 2 is 1.75 bits per heavy atom. The highest BCUT2D eigenvalue weighted by molar-refractivity contribution is 7.80. The topological polar surface area (TPSA) is 63.6 Å². The highest BCUT2D eigenvalue weighted by atomic mass is 35.5. The lowest BCUT2D eigenvalue weighted by Crippen LogP contribution is -2.54. The third-order valence-corrected chi connectivity index (χ3v) is 6.20. The molecule has 1 fully saturated rings. The number of ether oxygens (including phenoxy) is 1. The molecular formula is C26H16ClF2N3O3S. The lowest BCUT2D eigenvalue weighted by molar-refractivity contribution is -0.122. The molecule has 36 heavy (non-hydrogen) atoms. The molecule has 180 valence electrons. The van der Waals surface area contributed by atoms with Crippen LogP contribution in [0.15, 0.2) is 72.3 Å². The normalized spacial score (nSPS) is 15.1. The van der Waals surface area contributed by atoms with E-state index in [0.29, 0.717) is 33.2 Å². The van der Waals surface area contributed by atoms with Gasteiger partial charge in [0.05, 0.1) is 11.2 Å². The first-order valence-electron chi connectivity index (χ1n) is 10.6. The van der Waals surface area contributed by atoms with E-state index >= 15 is 0 Å². The van der Waals surface area contributed by atoms with E-state index in [-0.39, 0.29) is 22.3 Å². The molecule has 10 heteroatoms. The smallest absolute Gasteiger partial charge is 0.270 e. The number of thiocarbonyl (C=S) groups is 1. The van der Waals surface area contributed by atoms with Crippen LogP contribution in [0.5, 0.6) is 11.6 Å². The Labute approximate surface area is 214 Å². The summed E-state index contributed by atoms with van der Waals surface area (Å²) in [6.07, 6.45) is 1.38. The molecule has 1 aliphatic rings. The summed E-state index contributed by atoms with van der Waals surface area (Å²) in [7, 11) is 1.69. The van der Waals surface area contributed by atoms with Gasteiger partial charge in [0.15, 0.2) is 16.7 Å². The van der Waals surface area contributed by atoms with E-state index in [1.807, 2.05) is 6.07 Å². The molecule has 0 bridgehead atoms. The highest BCUT2D eigenvalue weighted by Gasteiger charge is 2.35. The molecule has 0 saturated carbocycles. The number of amides is 2. The Morgan fingerprint density at radius 1 is 1.03 bits per heavy atom. The van der Waals surface area contributed by atoms with Crippen LogP contribution in [0.3, 0.4) is 0 Å². The van der Waals surface area contributed by atoms with Crippen LogP contribution in [-0.2, 0) is 16.6 Å². The van der Waals surface area contributed by atoms with Gasteiger partial charge in [0.25, 0.3) is 11.8 Å². The fourth-order valence-corrected chi connectivity index (χ4v) is 4.36. The van der Waals surface area contributed by atoms with E-state index in [4.69, 9.17) is 28.6 Å². The van der Waals surface area contributed by atoms with Crippen LogP contribution < -0.4 is 15.0 Å². The molecule has 1 aliphatic heterocycles. The average molecular weight is 524 g/mol. The van der Waals surface area contributed by atoms with Gasteiger partial charge in [0, 0.05) is 29.1 Å². The SMILES string of the molecule is Cn1c(Oc2ccc(F)cc2F)c(/C=C2\C(=O)NC(=S)N(c3ccc(Cl)cc3)C2=O)c2ccccc21. The van der Waals surface area contributed by atoms with E-state index in [2.05, 4.69) is 5.32 Å². The van der Waals surface area contributed by atoms with Crippen molar-refractivity contribution < 1.29 is 23.1 Å². The lowest BCUT2D eigenvalue weighted by atomic mass is 10.1.